The van der Waals surface area contributed by atoms with Crippen LogP contribution in [0.4, 0.5) is 0 Å². The molecule has 2 heterocycles. The fourth-order valence-corrected chi connectivity index (χ4v) is 2.88. The summed E-state index contributed by atoms with van der Waals surface area (Å²) in [6.07, 6.45) is 2.29. The zero-order valence-corrected chi connectivity index (χ0v) is 9.50. The van der Waals surface area contributed by atoms with Crippen LogP contribution in [0.25, 0.3) is 0 Å². The number of ether oxygens (including phenoxy) is 2. The average Bonchev–Trinajstić information content (AvgIpc) is 2.24. The van der Waals surface area contributed by atoms with Crippen LogP contribution in [0.5, 0.6) is 0 Å². The van der Waals surface area contributed by atoms with Gasteiger partial charge in [0.1, 0.15) is 0 Å². The van der Waals surface area contributed by atoms with Gasteiger partial charge in [-0.15, -0.1) is 0 Å². The van der Waals surface area contributed by atoms with E-state index in [0.29, 0.717) is 12.0 Å². The monoisotopic (exact) mass is 214 g/mol. The third kappa shape index (κ3) is 2.04. The topological polar surface area (TPSA) is 56.5 Å². The van der Waals surface area contributed by atoms with Crippen molar-refractivity contribution in [3.8, 4) is 0 Å². The lowest BCUT2D eigenvalue weighted by Crippen LogP contribution is -2.63. The van der Waals surface area contributed by atoms with Crippen LogP contribution in [0.1, 0.15) is 12.8 Å². The first-order valence-corrected chi connectivity index (χ1v) is 5.85. The highest BCUT2D eigenvalue weighted by molar-refractivity contribution is 4.99. The van der Waals surface area contributed by atoms with Gasteiger partial charge in [0.15, 0.2) is 0 Å². The van der Waals surface area contributed by atoms with Gasteiger partial charge in [-0.2, -0.15) is 0 Å². The summed E-state index contributed by atoms with van der Waals surface area (Å²) >= 11 is 0. The number of nitrogens with one attached hydrogen (secondary N) is 1. The van der Waals surface area contributed by atoms with Gasteiger partial charge in [0, 0.05) is 31.2 Å². The second kappa shape index (κ2) is 4.78. The van der Waals surface area contributed by atoms with Crippen molar-refractivity contribution in [2.75, 3.05) is 40.0 Å². The minimum Gasteiger partial charge on any atom is -0.381 e. The highest BCUT2D eigenvalue weighted by Crippen LogP contribution is 2.37. The van der Waals surface area contributed by atoms with E-state index in [4.69, 9.17) is 15.2 Å². The first-order chi connectivity index (χ1) is 7.32. The maximum absolute atomic E-state index is 5.90. The van der Waals surface area contributed by atoms with Crippen molar-refractivity contribution in [2.45, 2.75) is 18.9 Å². The minimum absolute atomic E-state index is 0.177. The Hall–Kier alpha value is -0.160. The van der Waals surface area contributed by atoms with Gasteiger partial charge in [0.25, 0.3) is 0 Å². The molecule has 0 bridgehead atoms. The zero-order chi connectivity index (χ0) is 10.7. The first kappa shape index (κ1) is 11.3. The molecule has 88 valence electrons. The Labute approximate surface area is 91.5 Å². The van der Waals surface area contributed by atoms with Crippen molar-refractivity contribution in [3.05, 3.63) is 0 Å². The van der Waals surface area contributed by atoms with Crippen LogP contribution < -0.4 is 11.1 Å². The predicted molar refractivity (Wildman–Crippen MR) is 58.7 cm³/mol. The van der Waals surface area contributed by atoms with Gasteiger partial charge in [-0.3, -0.25) is 0 Å². The predicted octanol–water partition coefficient (Wildman–Crippen LogP) is -0.0237. The van der Waals surface area contributed by atoms with E-state index < -0.39 is 0 Å². The number of nitrogens with two attached hydrogens (primary N) is 1. The summed E-state index contributed by atoms with van der Waals surface area (Å²) in [7, 11) is 2.04. The van der Waals surface area contributed by atoms with E-state index in [1.165, 1.54) is 0 Å². The lowest BCUT2D eigenvalue weighted by Gasteiger charge is -2.50. The molecule has 2 aliphatic rings. The molecule has 0 aromatic carbocycles. The van der Waals surface area contributed by atoms with E-state index in [0.717, 1.165) is 45.8 Å². The Balaban J connectivity index is 2.01. The summed E-state index contributed by atoms with van der Waals surface area (Å²) in [5.41, 5.74) is 6.08. The van der Waals surface area contributed by atoms with Crippen molar-refractivity contribution in [3.63, 3.8) is 0 Å². The number of hydrogen-bond donors (Lipinski definition) is 2. The Kier molecular flexibility index (Phi) is 3.61. The molecule has 2 rings (SSSR count). The summed E-state index contributed by atoms with van der Waals surface area (Å²) in [6.45, 7) is 4.13. The lowest BCUT2D eigenvalue weighted by atomic mass is 9.70. The molecular weight excluding hydrogens is 192 g/mol. The molecule has 1 unspecified atom stereocenters. The molecular formula is C11H22N2O2. The van der Waals surface area contributed by atoms with E-state index in [1.54, 1.807) is 0 Å². The van der Waals surface area contributed by atoms with Crippen molar-refractivity contribution in [1.29, 1.82) is 0 Å². The Morgan fingerprint density at radius 2 is 2.00 bits per heavy atom. The van der Waals surface area contributed by atoms with Gasteiger partial charge in [-0.1, -0.05) is 0 Å². The molecule has 0 aromatic rings. The molecule has 3 N–H and O–H groups in total. The van der Waals surface area contributed by atoms with Crippen LogP contribution in [0.2, 0.25) is 0 Å². The van der Waals surface area contributed by atoms with Gasteiger partial charge in [0.05, 0.1) is 13.2 Å². The molecule has 2 fully saturated rings. The van der Waals surface area contributed by atoms with Crippen LogP contribution in [0.3, 0.4) is 0 Å². The molecule has 0 amide bonds. The van der Waals surface area contributed by atoms with Crippen LogP contribution >= 0.6 is 0 Å². The Bertz CT molecular complexity index is 195. The third-order valence-electron chi connectivity index (χ3n) is 3.89. The standard InChI is InChI=1S/C11H22N2O2/c1-13-10(9-2-4-14-5-3-9)11(6-12)7-15-8-11/h9-10,13H,2-8,12H2,1H3. The highest BCUT2D eigenvalue weighted by Gasteiger charge is 2.47. The van der Waals surface area contributed by atoms with Gasteiger partial charge in [-0.25, -0.2) is 0 Å². The Morgan fingerprint density at radius 3 is 2.40 bits per heavy atom. The molecule has 0 saturated carbocycles. The molecule has 4 heteroatoms. The van der Waals surface area contributed by atoms with Crippen molar-refractivity contribution in [1.82, 2.24) is 5.32 Å². The minimum atomic E-state index is 0.177. The summed E-state index contributed by atoms with van der Waals surface area (Å²) in [4.78, 5) is 0. The van der Waals surface area contributed by atoms with Crippen LogP contribution in [0.15, 0.2) is 0 Å². The summed E-state index contributed by atoms with van der Waals surface area (Å²) in [6, 6.07) is 0.486. The smallest absolute Gasteiger partial charge is 0.0572 e. The first-order valence-electron chi connectivity index (χ1n) is 5.85. The molecule has 0 aliphatic carbocycles. The fourth-order valence-electron chi connectivity index (χ4n) is 2.88. The van der Waals surface area contributed by atoms with E-state index in [1.807, 2.05) is 7.05 Å². The molecule has 0 spiro atoms. The zero-order valence-electron chi connectivity index (χ0n) is 9.50. The fraction of sp³-hybridized carbons (Fsp3) is 1.00. The largest absolute Gasteiger partial charge is 0.381 e. The van der Waals surface area contributed by atoms with Gasteiger partial charge in [-0.05, 0) is 25.8 Å². The number of rotatable bonds is 4. The summed E-state index contributed by atoms with van der Waals surface area (Å²) in [5.74, 6) is 0.691. The van der Waals surface area contributed by atoms with Crippen LogP contribution in [0, 0.1) is 11.3 Å². The molecule has 2 saturated heterocycles. The van der Waals surface area contributed by atoms with Gasteiger partial charge < -0.3 is 20.5 Å². The average molecular weight is 214 g/mol. The SMILES string of the molecule is CNC(C1CCOCC1)C1(CN)COC1. The molecule has 15 heavy (non-hydrogen) atoms. The molecule has 2 aliphatic heterocycles. The molecule has 1 atom stereocenters. The maximum Gasteiger partial charge on any atom is 0.0572 e. The van der Waals surface area contributed by atoms with Crippen molar-refractivity contribution in [2.24, 2.45) is 17.1 Å². The molecule has 0 radical (unpaired) electrons. The van der Waals surface area contributed by atoms with E-state index in [-0.39, 0.29) is 5.41 Å². The van der Waals surface area contributed by atoms with Crippen molar-refractivity contribution >= 4 is 0 Å². The van der Waals surface area contributed by atoms with E-state index >= 15 is 0 Å². The van der Waals surface area contributed by atoms with E-state index in [9.17, 15) is 0 Å². The summed E-state index contributed by atoms with van der Waals surface area (Å²) in [5, 5.41) is 3.45. The summed E-state index contributed by atoms with van der Waals surface area (Å²) < 4.78 is 10.8. The lowest BCUT2D eigenvalue weighted by molar-refractivity contribution is -0.141. The van der Waals surface area contributed by atoms with Crippen LogP contribution in [-0.4, -0.2) is 46.1 Å². The quantitative estimate of drug-likeness (QED) is 0.690. The van der Waals surface area contributed by atoms with Gasteiger partial charge in [0.2, 0.25) is 0 Å². The number of hydrogen-bond acceptors (Lipinski definition) is 4. The van der Waals surface area contributed by atoms with Crippen LogP contribution in [-0.2, 0) is 9.47 Å². The van der Waals surface area contributed by atoms with Gasteiger partial charge >= 0.3 is 0 Å². The van der Waals surface area contributed by atoms with Crippen molar-refractivity contribution < 1.29 is 9.47 Å². The third-order valence-corrected chi connectivity index (χ3v) is 3.89. The second-order valence-electron chi connectivity index (χ2n) is 4.78. The Morgan fingerprint density at radius 1 is 1.33 bits per heavy atom. The second-order valence-corrected chi connectivity index (χ2v) is 4.78. The highest BCUT2D eigenvalue weighted by atomic mass is 16.5. The molecule has 0 aromatic heterocycles. The normalized spacial score (nSPS) is 28.4. The maximum atomic E-state index is 5.90. The molecule has 4 nitrogen and oxygen atoms in total. The van der Waals surface area contributed by atoms with E-state index in [2.05, 4.69) is 5.32 Å².